The fourth-order valence-electron chi connectivity index (χ4n) is 2.41. The van der Waals surface area contributed by atoms with Gasteiger partial charge in [0.05, 0.1) is 12.1 Å². The molecule has 6 nitrogen and oxygen atoms in total. The number of benzene rings is 1. The summed E-state index contributed by atoms with van der Waals surface area (Å²) in [5, 5.41) is 21.9. The first-order valence-electron chi connectivity index (χ1n) is 6.22. The minimum atomic E-state index is -0.905. The molecule has 1 aromatic rings. The average molecular weight is 265 g/mol. The van der Waals surface area contributed by atoms with E-state index in [0.29, 0.717) is 29.9 Å². The zero-order chi connectivity index (χ0) is 13.4. The van der Waals surface area contributed by atoms with Gasteiger partial charge < -0.3 is 25.0 Å². The van der Waals surface area contributed by atoms with Gasteiger partial charge in [0.2, 0.25) is 6.79 Å². The Morgan fingerprint density at radius 1 is 1.21 bits per heavy atom. The molecule has 1 saturated carbocycles. The molecule has 0 bridgehead atoms. The minimum absolute atomic E-state index is 0.161. The Kier molecular flexibility index (Phi) is 3.04. The molecule has 0 aromatic heterocycles. The fourth-order valence-corrected chi connectivity index (χ4v) is 2.41. The summed E-state index contributed by atoms with van der Waals surface area (Å²) in [4.78, 5) is 12.1. The van der Waals surface area contributed by atoms with Crippen LogP contribution in [-0.2, 0) is 0 Å². The lowest BCUT2D eigenvalue weighted by Gasteiger charge is -2.18. The summed E-state index contributed by atoms with van der Waals surface area (Å²) in [6, 6.07) is 4.51. The lowest BCUT2D eigenvalue weighted by Crippen LogP contribution is -2.42. The van der Waals surface area contributed by atoms with Crippen LogP contribution in [0.1, 0.15) is 23.2 Å². The molecular formula is C13H15NO5. The first-order chi connectivity index (χ1) is 9.15. The van der Waals surface area contributed by atoms with Gasteiger partial charge in [0.15, 0.2) is 11.5 Å². The number of rotatable bonds is 2. The van der Waals surface area contributed by atoms with E-state index in [-0.39, 0.29) is 12.7 Å². The van der Waals surface area contributed by atoms with Crippen molar-refractivity contribution in [2.24, 2.45) is 0 Å². The summed E-state index contributed by atoms with van der Waals surface area (Å²) < 4.78 is 10.4. The van der Waals surface area contributed by atoms with Crippen LogP contribution < -0.4 is 14.8 Å². The Hall–Kier alpha value is -1.79. The molecule has 3 atom stereocenters. The summed E-state index contributed by atoms with van der Waals surface area (Å²) >= 11 is 0. The van der Waals surface area contributed by atoms with Gasteiger partial charge in [-0.05, 0) is 31.0 Å². The average Bonchev–Trinajstić information content (AvgIpc) is 2.99. The molecule has 19 heavy (non-hydrogen) atoms. The van der Waals surface area contributed by atoms with Crippen LogP contribution in [0.25, 0.3) is 0 Å². The van der Waals surface area contributed by atoms with Crippen molar-refractivity contribution in [3.63, 3.8) is 0 Å². The Morgan fingerprint density at radius 2 is 2.00 bits per heavy atom. The maximum atomic E-state index is 12.1. The van der Waals surface area contributed by atoms with E-state index in [0.717, 1.165) is 0 Å². The Balaban J connectivity index is 1.71. The molecule has 3 rings (SSSR count). The summed E-state index contributed by atoms with van der Waals surface area (Å²) in [5.74, 6) is 0.865. The van der Waals surface area contributed by atoms with Crippen LogP contribution in [0, 0.1) is 0 Å². The van der Waals surface area contributed by atoms with E-state index < -0.39 is 18.2 Å². The molecule has 0 spiro atoms. The number of amides is 1. The number of carbonyl (C=O) groups is 1. The minimum Gasteiger partial charge on any atom is -0.454 e. The van der Waals surface area contributed by atoms with E-state index in [1.165, 1.54) is 0 Å². The Bertz CT molecular complexity index is 504. The largest absolute Gasteiger partial charge is 0.454 e. The van der Waals surface area contributed by atoms with Gasteiger partial charge in [-0.1, -0.05) is 0 Å². The predicted molar refractivity (Wildman–Crippen MR) is 65.1 cm³/mol. The van der Waals surface area contributed by atoms with Crippen LogP contribution in [0.2, 0.25) is 0 Å². The zero-order valence-corrected chi connectivity index (χ0v) is 10.2. The van der Waals surface area contributed by atoms with E-state index in [1.807, 2.05) is 0 Å². The van der Waals surface area contributed by atoms with Crippen molar-refractivity contribution in [3.8, 4) is 11.5 Å². The number of hydrogen-bond acceptors (Lipinski definition) is 5. The highest BCUT2D eigenvalue weighted by molar-refractivity contribution is 5.95. The number of aliphatic hydroxyl groups is 2. The molecule has 1 heterocycles. The number of hydrogen-bond donors (Lipinski definition) is 3. The van der Waals surface area contributed by atoms with Crippen molar-refractivity contribution in [1.29, 1.82) is 0 Å². The van der Waals surface area contributed by atoms with Crippen molar-refractivity contribution in [2.75, 3.05) is 6.79 Å². The molecule has 0 saturated heterocycles. The second-order valence-electron chi connectivity index (χ2n) is 4.78. The molecule has 1 aliphatic carbocycles. The van der Waals surface area contributed by atoms with Crippen LogP contribution in [0.5, 0.6) is 11.5 Å². The van der Waals surface area contributed by atoms with Gasteiger partial charge in [0.25, 0.3) is 5.91 Å². The second kappa shape index (κ2) is 4.71. The first-order valence-corrected chi connectivity index (χ1v) is 6.22. The SMILES string of the molecule is O=C(N[C@@H]1CC[C@@H](O)[C@@H]1O)c1ccc2c(c1)OCO2. The van der Waals surface area contributed by atoms with Crippen LogP contribution in [-0.4, -0.2) is 41.2 Å². The van der Waals surface area contributed by atoms with E-state index in [2.05, 4.69) is 5.32 Å². The lowest BCUT2D eigenvalue weighted by molar-refractivity contribution is 0.0296. The maximum absolute atomic E-state index is 12.1. The van der Waals surface area contributed by atoms with Gasteiger partial charge in [-0.3, -0.25) is 4.79 Å². The van der Waals surface area contributed by atoms with Crippen LogP contribution in [0.15, 0.2) is 18.2 Å². The van der Waals surface area contributed by atoms with Gasteiger partial charge in [-0.15, -0.1) is 0 Å². The molecule has 1 aromatic carbocycles. The smallest absolute Gasteiger partial charge is 0.251 e. The topological polar surface area (TPSA) is 88.0 Å². The number of carbonyl (C=O) groups excluding carboxylic acids is 1. The summed E-state index contributed by atoms with van der Waals surface area (Å²) in [6.07, 6.45) is -0.605. The zero-order valence-electron chi connectivity index (χ0n) is 10.2. The van der Waals surface area contributed by atoms with Crippen molar-refractivity contribution in [1.82, 2.24) is 5.32 Å². The van der Waals surface area contributed by atoms with Crippen molar-refractivity contribution < 1.29 is 24.5 Å². The molecule has 0 unspecified atom stereocenters. The van der Waals surface area contributed by atoms with Gasteiger partial charge in [0.1, 0.15) is 6.10 Å². The van der Waals surface area contributed by atoms with Crippen LogP contribution in [0.4, 0.5) is 0 Å². The highest BCUT2D eigenvalue weighted by Gasteiger charge is 2.34. The third-order valence-corrected chi connectivity index (χ3v) is 3.53. The predicted octanol–water partition coefficient (Wildman–Crippen LogP) is 0.0293. The first kappa shape index (κ1) is 12.3. The molecule has 3 N–H and O–H groups in total. The van der Waals surface area contributed by atoms with Crippen molar-refractivity contribution in [3.05, 3.63) is 23.8 Å². The summed E-state index contributed by atoms with van der Waals surface area (Å²) in [6.45, 7) is 0.161. The fraction of sp³-hybridized carbons (Fsp3) is 0.462. The van der Waals surface area contributed by atoms with Crippen molar-refractivity contribution >= 4 is 5.91 Å². The number of fused-ring (bicyclic) bond motifs is 1. The Labute approximate surface area is 110 Å². The van der Waals surface area contributed by atoms with E-state index in [4.69, 9.17) is 9.47 Å². The van der Waals surface area contributed by atoms with E-state index in [1.54, 1.807) is 18.2 Å². The van der Waals surface area contributed by atoms with E-state index >= 15 is 0 Å². The lowest BCUT2D eigenvalue weighted by atomic mass is 10.1. The third kappa shape index (κ3) is 2.24. The quantitative estimate of drug-likeness (QED) is 0.702. The second-order valence-corrected chi connectivity index (χ2v) is 4.78. The number of ether oxygens (including phenoxy) is 2. The van der Waals surface area contributed by atoms with Crippen LogP contribution in [0.3, 0.4) is 0 Å². The van der Waals surface area contributed by atoms with Gasteiger partial charge >= 0.3 is 0 Å². The molecular weight excluding hydrogens is 250 g/mol. The molecule has 1 aliphatic heterocycles. The number of nitrogens with one attached hydrogen (secondary N) is 1. The Morgan fingerprint density at radius 3 is 2.74 bits per heavy atom. The molecule has 2 aliphatic rings. The highest BCUT2D eigenvalue weighted by atomic mass is 16.7. The molecule has 1 fully saturated rings. The molecule has 1 amide bonds. The van der Waals surface area contributed by atoms with Gasteiger partial charge in [0, 0.05) is 5.56 Å². The third-order valence-electron chi connectivity index (χ3n) is 3.53. The van der Waals surface area contributed by atoms with Crippen molar-refractivity contribution in [2.45, 2.75) is 31.1 Å². The maximum Gasteiger partial charge on any atom is 0.251 e. The molecule has 0 radical (unpaired) electrons. The normalized spacial score (nSPS) is 28.4. The van der Waals surface area contributed by atoms with Gasteiger partial charge in [-0.2, -0.15) is 0 Å². The molecule has 102 valence electrons. The summed E-state index contributed by atoms with van der Waals surface area (Å²) in [7, 11) is 0. The van der Waals surface area contributed by atoms with Gasteiger partial charge in [-0.25, -0.2) is 0 Å². The summed E-state index contributed by atoms with van der Waals surface area (Å²) in [5.41, 5.74) is 0.442. The monoisotopic (exact) mass is 265 g/mol. The standard InChI is InChI=1S/C13H15NO5/c15-9-3-2-8(12(9)16)14-13(17)7-1-4-10-11(5-7)19-6-18-10/h1,4-5,8-9,12,15-16H,2-3,6H2,(H,14,17)/t8-,9-,12-/m1/s1. The molecule has 6 heteroatoms. The highest BCUT2D eigenvalue weighted by Crippen LogP contribution is 2.32. The number of aliphatic hydroxyl groups excluding tert-OH is 2. The van der Waals surface area contributed by atoms with Crippen LogP contribution >= 0.6 is 0 Å². The van der Waals surface area contributed by atoms with E-state index in [9.17, 15) is 15.0 Å².